The molecule has 2 N–H and O–H groups in total. The van der Waals surface area contributed by atoms with Crippen LogP contribution in [0.5, 0.6) is 5.88 Å². The first kappa shape index (κ1) is 20.1. The number of rotatable bonds is 9. The SMILES string of the molecule is CCNCCOc1cc(N2CCOCC2)cc(N/N=C/c2cccc(C)c2)n1. The monoisotopic (exact) mass is 383 g/mol. The number of morpholine rings is 1. The Morgan fingerprint density at radius 3 is 2.89 bits per heavy atom. The summed E-state index contributed by atoms with van der Waals surface area (Å²) in [4.78, 5) is 6.82. The van der Waals surface area contributed by atoms with Crippen LogP contribution in [0.25, 0.3) is 0 Å². The third kappa shape index (κ3) is 6.21. The van der Waals surface area contributed by atoms with E-state index < -0.39 is 0 Å². The molecule has 0 radical (unpaired) electrons. The summed E-state index contributed by atoms with van der Waals surface area (Å²) in [6.07, 6.45) is 1.79. The average molecular weight is 383 g/mol. The van der Waals surface area contributed by atoms with Crippen LogP contribution in [-0.2, 0) is 4.74 Å². The molecule has 2 heterocycles. The molecule has 7 nitrogen and oxygen atoms in total. The third-order valence-corrected chi connectivity index (χ3v) is 4.38. The van der Waals surface area contributed by atoms with Crippen LogP contribution in [0.3, 0.4) is 0 Å². The van der Waals surface area contributed by atoms with E-state index in [1.54, 1.807) is 6.21 Å². The van der Waals surface area contributed by atoms with Gasteiger partial charge in [-0.25, -0.2) is 0 Å². The maximum Gasteiger partial charge on any atom is 0.217 e. The lowest BCUT2D eigenvalue weighted by Crippen LogP contribution is -2.36. The molecule has 1 aliphatic heterocycles. The van der Waals surface area contributed by atoms with Crippen LogP contribution >= 0.6 is 0 Å². The van der Waals surface area contributed by atoms with Gasteiger partial charge in [-0.2, -0.15) is 10.1 Å². The molecule has 3 rings (SSSR count). The van der Waals surface area contributed by atoms with Crippen molar-refractivity contribution < 1.29 is 9.47 Å². The number of ether oxygens (including phenoxy) is 2. The van der Waals surface area contributed by atoms with Crippen molar-refractivity contribution in [3.63, 3.8) is 0 Å². The summed E-state index contributed by atoms with van der Waals surface area (Å²) in [6.45, 7) is 9.58. The summed E-state index contributed by atoms with van der Waals surface area (Å²) in [5.41, 5.74) is 6.34. The smallest absolute Gasteiger partial charge is 0.217 e. The van der Waals surface area contributed by atoms with Crippen LogP contribution in [-0.4, -0.2) is 57.2 Å². The molecular formula is C21H29N5O2. The second-order valence-electron chi connectivity index (χ2n) is 6.63. The molecule has 0 amide bonds. The molecule has 2 aromatic rings. The number of hydrazone groups is 1. The fraction of sp³-hybridized carbons (Fsp3) is 0.429. The number of hydrogen-bond donors (Lipinski definition) is 2. The lowest BCUT2D eigenvalue weighted by molar-refractivity contribution is 0.122. The largest absolute Gasteiger partial charge is 0.476 e. The number of nitrogens with one attached hydrogen (secondary N) is 2. The van der Waals surface area contributed by atoms with E-state index in [4.69, 9.17) is 9.47 Å². The molecule has 1 aliphatic rings. The van der Waals surface area contributed by atoms with Gasteiger partial charge in [-0.3, -0.25) is 5.43 Å². The maximum atomic E-state index is 5.84. The van der Waals surface area contributed by atoms with Gasteiger partial charge in [0.05, 0.1) is 19.4 Å². The second-order valence-corrected chi connectivity index (χ2v) is 6.63. The predicted octanol–water partition coefficient (Wildman–Crippen LogP) is 2.66. The van der Waals surface area contributed by atoms with Gasteiger partial charge in [-0.05, 0) is 19.0 Å². The quantitative estimate of drug-likeness (QED) is 0.394. The molecule has 0 bridgehead atoms. The Morgan fingerprint density at radius 2 is 2.11 bits per heavy atom. The van der Waals surface area contributed by atoms with Gasteiger partial charge in [0.1, 0.15) is 6.61 Å². The van der Waals surface area contributed by atoms with Crippen LogP contribution in [0.2, 0.25) is 0 Å². The van der Waals surface area contributed by atoms with E-state index >= 15 is 0 Å². The number of aryl methyl sites for hydroxylation is 1. The van der Waals surface area contributed by atoms with Crippen LogP contribution in [0, 0.1) is 6.92 Å². The minimum absolute atomic E-state index is 0.569. The molecule has 1 fully saturated rings. The van der Waals surface area contributed by atoms with Crippen LogP contribution < -0.4 is 20.4 Å². The van der Waals surface area contributed by atoms with Gasteiger partial charge in [-0.1, -0.05) is 36.8 Å². The molecule has 1 saturated heterocycles. The predicted molar refractivity (Wildman–Crippen MR) is 114 cm³/mol. The van der Waals surface area contributed by atoms with E-state index in [1.807, 2.05) is 24.3 Å². The zero-order chi connectivity index (χ0) is 19.6. The van der Waals surface area contributed by atoms with Crippen molar-refractivity contribution in [3.8, 4) is 5.88 Å². The number of hydrogen-bond acceptors (Lipinski definition) is 7. The standard InChI is InChI=1S/C21H29N5O2/c1-3-22-7-10-28-21-15-19(26-8-11-27-12-9-26)14-20(24-21)25-23-16-18-6-4-5-17(2)13-18/h4-6,13-16,22H,3,7-12H2,1-2H3,(H,24,25)/b23-16+. The van der Waals surface area contributed by atoms with Crippen LogP contribution in [0.4, 0.5) is 11.5 Å². The fourth-order valence-corrected chi connectivity index (χ4v) is 2.95. The second kappa shape index (κ2) is 10.6. The summed E-state index contributed by atoms with van der Waals surface area (Å²) in [6, 6.07) is 12.2. The van der Waals surface area contributed by atoms with E-state index in [1.165, 1.54) is 5.56 Å². The lowest BCUT2D eigenvalue weighted by Gasteiger charge is -2.29. The minimum Gasteiger partial charge on any atom is -0.476 e. The molecule has 0 spiro atoms. The van der Waals surface area contributed by atoms with Crippen LogP contribution in [0.15, 0.2) is 41.5 Å². The topological polar surface area (TPSA) is 71.0 Å². The number of aromatic nitrogens is 1. The van der Waals surface area contributed by atoms with Crippen molar-refractivity contribution in [2.24, 2.45) is 5.10 Å². The van der Waals surface area contributed by atoms with Gasteiger partial charge in [0.15, 0.2) is 5.82 Å². The highest BCUT2D eigenvalue weighted by Gasteiger charge is 2.14. The number of likely N-dealkylation sites (N-methyl/N-ethyl adjacent to an activating group) is 1. The van der Waals surface area contributed by atoms with E-state index in [2.05, 4.69) is 51.7 Å². The van der Waals surface area contributed by atoms with Crippen molar-refractivity contribution in [2.45, 2.75) is 13.8 Å². The van der Waals surface area contributed by atoms with Crippen molar-refractivity contribution in [1.82, 2.24) is 10.3 Å². The molecule has 1 aromatic heterocycles. The zero-order valence-electron chi connectivity index (χ0n) is 16.6. The zero-order valence-corrected chi connectivity index (χ0v) is 16.6. The van der Waals surface area contributed by atoms with E-state index in [-0.39, 0.29) is 0 Å². The minimum atomic E-state index is 0.569. The maximum absolute atomic E-state index is 5.84. The fourth-order valence-electron chi connectivity index (χ4n) is 2.95. The van der Waals surface area contributed by atoms with Crippen molar-refractivity contribution >= 4 is 17.7 Å². The Hall–Kier alpha value is -2.64. The first-order chi connectivity index (χ1) is 13.7. The normalized spacial score (nSPS) is 14.4. The Labute approximate surface area is 166 Å². The highest BCUT2D eigenvalue weighted by molar-refractivity contribution is 5.80. The van der Waals surface area contributed by atoms with Crippen molar-refractivity contribution in [3.05, 3.63) is 47.5 Å². The van der Waals surface area contributed by atoms with Gasteiger partial charge in [0, 0.05) is 37.5 Å². The molecule has 7 heteroatoms. The van der Waals surface area contributed by atoms with Crippen molar-refractivity contribution in [1.29, 1.82) is 0 Å². The third-order valence-electron chi connectivity index (χ3n) is 4.38. The molecule has 0 unspecified atom stereocenters. The summed E-state index contributed by atoms with van der Waals surface area (Å²) in [5.74, 6) is 1.25. The summed E-state index contributed by atoms with van der Waals surface area (Å²) >= 11 is 0. The van der Waals surface area contributed by atoms with Crippen molar-refractivity contribution in [2.75, 3.05) is 56.3 Å². The van der Waals surface area contributed by atoms with Gasteiger partial charge in [0.2, 0.25) is 5.88 Å². The van der Waals surface area contributed by atoms with E-state index in [9.17, 15) is 0 Å². The lowest BCUT2D eigenvalue weighted by atomic mass is 10.2. The Morgan fingerprint density at radius 1 is 1.25 bits per heavy atom. The number of benzene rings is 1. The first-order valence-corrected chi connectivity index (χ1v) is 9.78. The molecule has 0 aliphatic carbocycles. The molecule has 28 heavy (non-hydrogen) atoms. The Kier molecular flexibility index (Phi) is 7.63. The highest BCUT2D eigenvalue weighted by Crippen LogP contribution is 2.24. The Balaban J connectivity index is 1.71. The van der Waals surface area contributed by atoms with Crippen LogP contribution in [0.1, 0.15) is 18.1 Å². The van der Waals surface area contributed by atoms with E-state index in [0.29, 0.717) is 18.3 Å². The summed E-state index contributed by atoms with van der Waals surface area (Å²) < 4.78 is 11.3. The first-order valence-electron chi connectivity index (χ1n) is 9.78. The van der Waals surface area contributed by atoms with E-state index in [0.717, 1.165) is 50.6 Å². The van der Waals surface area contributed by atoms with Gasteiger partial charge in [-0.15, -0.1) is 0 Å². The number of pyridine rings is 1. The van der Waals surface area contributed by atoms with Gasteiger partial charge in [0.25, 0.3) is 0 Å². The molecule has 0 saturated carbocycles. The van der Waals surface area contributed by atoms with Gasteiger partial charge >= 0.3 is 0 Å². The summed E-state index contributed by atoms with van der Waals surface area (Å²) in [7, 11) is 0. The molecular weight excluding hydrogens is 354 g/mol. The number of anilines is 2. The highest BCUT2D eigenvalue weighted by atomic mass is 16.5. The summed E-state index contributed by atoms with van der Waals surface area (Å²) in [5, 5.41) is 7.59. The molecule has 0 atom stereocenters. The molecule has 1 aromatic carbocycles. The molecule has 150 valence electrons. The number of nitrogens with zero attached hydrogens (tertiary/aromatic N) is 3. The Bertz CT molecular complexity index is 775. The average Bonchev–Trinajstić information content (AvgIpc) is 2.72. The van der Waals surface area contributed by atoms with Gasteiger partial charge < -0.3 is 19.7 Å².